The van der Waals surface area contributed by atoms with Gasteiger partial charge in [0, 0.05) is 11.9 Å². The zero-order chi connectivity index (χ0) is 14.8. The van der Waals surface area contributed by atoms with Gasteiger partial charge in [-0.05, 0) is 42.5 Å². The first-order valence-electron chi connectivity index (χ1n) is 5.91. The smallest absolute Gasteiger partial charge is 0.175 e. The van der Waals surface area contributed by atoms with Gasteiger partial charge in [-0.15, -0.1) is 0 Å². The van der Waals surface area contributed by atoms with Crippen molar-refractivity contribution in [2.45, 2.75) is 4.90 Å². The number of anilines is 3. The maximum Gasteiger partial charge on any atom is 0.175 e. The van der Waals surface area contributed by atoms with Crippen molar-refractivity contribution in [3.05, 3.63) is 42.5 Å². The van der Waals surface area contributed by atoms with E-state index in [2.05, 4.69) is 5.32 Å². The highest BCUT2D eigenvalue weighted by atomic mass is 32.2. The molecule has 0 aliphatic rings. The van der Waals surface area contributed by atoms with Crippen molar-refractivity contribution in [2.75, 3.05) is 24.4 Å². The predicted molar refractivity (Wildman–Crippen MR) is 80.2 cm³/mol. The van der Waals surface area contributed by atoms with Crippen molar-refractivity contribution in [2.24, 2.45) is 0 Å². The summed E-state index contributed by atoms with van der Waals surface area (Å²) in [6, 6.07) is 12.0. The lowest BCUT2D eigenvalue weighted by Gasteiger charge is -2.11. The maximum absolute atomic E-state index is 11.4. The Morgan fingerprint density at radius 2 is 1.75 bits per heavy atom. The van der Waals surface area contributed by atoms with Crippen LogP contribution in [0.2, 0.25) is 0 Å². The van der Waals surface area contributed by atoms with Crippen LogP contribution in [0.1, 0.15) is 0 Å². The first-order valence-corrected chi connectivity index (χ1v) is 7.80. The van der Waals surface area contributed by atoms with Gasteiger partial charge in [-0.1, -0.05) is 0 Å². The van der Waals surface area contributed by atoms with Gasteiger partial charge in [-0.3, -0.25) is 0 Å². The van der Waals surface area contributed by atoms with Crippen LogP contribution in [0.15, 0.2) is 47.4 Å². The number of nitrogen functional groups attached to an aromatic ring is 1. The second-order valence-electron chi connectivity index (χ2n) is 4.37. The molecule has 0 saturated carbocycles. The summed E-state index contributed by atoms with van der Waals surface area (Å²) in [5.74, 6) is 0.760. The van der Waals surface area contributed by atoms with Crippen LogP contribution in [0.3, 0.4) is 0 Å². The third kappa shape index (κ3) is 3.21. The van der Waals surface area contributed by atoms with Gasteiger partial charge >= 0.3 is 0 Å². The summed E-state index contributed by atoms with van der Waals surface area (Å²) in [5, 5.41) is 3.13. The lowest BCUT2D eigenvalue weighted by molar-refractivity contribution is 0.415. The minimum atomic E-state index is -3.25. The maximum atomic E-state index is 11.4. The molecule has 0 aliphatic carbocycles. The molecule has 0 bridgehead atoms. The third-order valence-corrected chi connectivity index (χ3v) is 3.93. The molecule has 3 N–H and O–H groups in total. The molecule has 20 heavy (non-hydrogen) atoms. The van der Waals surface area contributed by atoms with Crippen LogP contribution in [-0.2, 0) is 9.84 Å². The van der Waals surface area contributed by atoms with Crippen LogP contribution in [0.25, 0.3) is 0 Å². The Labute approximate surface area is 118 Å². The number of hydrogen-bond acceptors (Lipinski definition) is 5. The number of nitrogens with one attached hydrogen (secondary N) is 1. The van der Waals surface area contributed by atoms with E-state index in [1.807, 2.05) is 24.3 Å². The Morgan fingerprint density at radius 1 is 1.10 bits per heavy atom. The van der Waals surface area contributed by atoms with E-state index in [0.717, 1.165) is 17.7 Å². The lowest BCUT2D eigenvalue weighted by atomic mass is 10.2. The van der Waals surface area contributed by atoms with E-state index in [-0.39, 0.29) is 4.90 Å². The molecule has 0 radical (unpaired) electrons. The van der Waals surface area contributed by atoms with Crippen LogP contribution in [-0.4, -0.2) is 21.8 Å². The summed E-state index contributed by atoms with van der Waals surface area (Å²) >= 11 is 0. The average Bonchev–Trinajstić information content (AvgIpc) is 2.41. The predicted octanol–water partition coefficient (Wildman–Crippen LogP) is 2.42. The summed E-state index contributed by atoms with van der Waals surface area (Å²) in [7, 11) is -1.65. The highest BCUT2D eigenvalue weighted by Crippen LogP contribution is 2.26. The highest BCUT2D eigenvalue weighted by molar-refractivity contribution is 7.90. The molecule has 6 heteroatoms. The number of sulfone groups is 1. The summed E-state index contributed by atoms with van der Waals surface area (Å²) in [5.41, 5.74) is 7.74. The molecule has 2 rings (SSSR count). The molecule has 2 aromatic rings. The highest BCUT2D eigenvalue weighted by Gasteiger charge is 2.09. The normalized spacial score (nSPS) is 11.1. The van der Waals surface area contributed by atoms with Crippen LogP contribution in [0.5, 0.6) is 5.75 Å². The van der Waals surface area contributed by atoms with Gasteiger partial charge in [0.1, 0.15) is 5.75 Å². The number of nitrogens with two attached hydrogens (primary N) is 1. The van der Waals surface area contributed by atoms with Crippen LogP contribution >= 0.6 is 0 Å². The molecule has 0 amide bonds. The average molecular weight is 292 g/mol. The summed E-state index contributed by atoms with van der Waals surface area (Å²) in [6.07, 6.45) is 1.15. The number of hydrogen-bond donors (Lipinski definition) is 2. The van der Waals surface area contributed by atoms with E-state index in [1.165, 1.54) is 12.1 Å². The summed E-state index contributed by atoms with van der Waals surface area (Å²) in [4.78, 5) is 0.204. The Balaban J connectivity index is 2.25. The monoisotopic (exact) mass is 292 g/mol. The number of methoxy groups -OCH3 is 1. The first-order chi connectivity index (χ1) is 9.40. The summed E-state index contributed by atoms with van der Waals surface area (Å²) in [6.45, 7) is 0. The minimum absolute atomic E-state index is 0.204. The largest absolute Gasteiger partial charge is 0.497 e. The molecular formula is C14H16N2O3S. The van der Waals surface area contributed by atoms with E-state index >= 15 is 0 Å². The molecule has 0 heterocycles. The van der Waals surface area contributed by atoms with Crippen molar-refractivity contribution in [3.63, 3.8) is 0 Å². The van der Waals surface area contributed by atoms with Crippen molar-refractivity contribution in [3.8, 4) is 5.75 Å². The van der Waals surface area contributed by atoms with Crippen LogP contribution in [0.4, 0.5) is 17.1 Å². The van der Waals surface area contributed by atoms with Gasteiger partial charge in [0.2, 0.25) is 0 Å². The fourth-order valence-electron chi connectivity index (χ4n) is 1.72. The van der Waals surface area contributed by atoms with Crippen LogP contribution in [0, 0.1) is 0 Å². The van der Waals surface area contributed by atoms with Crippen LogP contribution < -0.4 is 15.8 Å². The molecular weight excluding hydrogens is 276 g/mol. The molecule has 0 spiro atoms. The van der Waals surface area contributed by atoms with Gasteiger partial charge in [-0.2, -0.15) is 0 Å². The lowest BCUT2D eigenvalue weighted by Crippen LogP contribution is -2.01. The van der Waals surface area contributed by atoms with E-state index in [1.54, 1.807) is 13.2 Å². The number of rotatable bonds is 4. The molecule has 0 aliphatic heterocycles. The second kappa shape index (κ2) is 5.42. The SMILES string of the molecule is COc1ccc(Nc2ccc(S(C)(=O)=O)cc2N)cc1. The topological polar surface area (TPSA) is 81.4 Å². The van der Waals surface area contributed by atoms with E-state index in [0.29, 0.717) is 11.4 Å². The molecule has 2 aromatic carbocycles. The van der Waals surface area contributed by atoms with Crippen molar-refractivity contribution < 1.29 is 13.2 Å². The number of ether oxygens (including phenoxy) is 1. The molecule has 0 saturated heterocycles. The zero-order valence-corrected chi connectivity index (χ0v) is 12.1. The second-order valence-corrected chi connectivity index (χ2v) is 6.39. The fraction of sp³-hybridized carbons (Fsp3) is 0.143. The van der Waals surface area contributed by atoms with Gasteiger partial charge in [-0.25, -0.2) is 8.42 Å². The Bertz CT molecular complexity index is 710. The van der Waals surface area contributed by atoms with Crippen molar-refractivity contribution in [1.82, 2.24) is 0 Å². The molecule has 0 aromatic heterocycles. The van der Waals surface area contributed by atoms with Crippen molar-refractivity contribution in [1.29, 1.82) is 0 Å². The molecule has 0 atom stereocenters. The Kier molecular flexibility index (Phi) is 3.85. The van der Waals surface area contributed by atoms with Gasteiger partial charge < -0.3 is 15.8 Å². The van der Waals surface area contributed by atoms with E-state index in [9.17, 15) is 8.42 Å². The fourth-order valence-corrected chi connectivity index (χ4v) is 2.37. The molecule has 106 valence electrons. The standard InChI is InChI=1S/C14H16N2O3S/c1-19-11-5-3-10(4-6-11)16-14-8-7-12(9-13(14)15)20(2,17)18/h3-9,16H,15H2,1-2H3. The molecule has 5 nitrogen and oxygen atoms in total. The quantitative estimate of drug-likeness (QED) is 0.846. The number of benzene rings is 2. The summed E-state index contributed by atoms with van der Waals surface area (Å²) < 4.78 is 27.9. The van der Waals surface area contributed by atoms with Gasteiger partial charge in [0.25, 0.3) is 0 Å². The minimum Gasteiger partial charge on any atom is -0.497 e. The molecule has 0 fully saturated rings. The third-order valence-electron chi connectivity index (χ3n) is 2.82. The van der Waals surface area contributed by atoms with E-state index in [4.69, 9.17) is 10.5 Å². The van der Waals surface area contributed by atoms with E-state index < -0.39 is 9.84 Å². The zero-order valence-electron chi connectivity index (χ0n) is 11.3. The van der Waals surface area contributed by atoms with Gasteiger partial charge in [0.15, 0.2) is 9.84 Å². The first kappa shape index (κ1) is 14.2. The van der Waals surface area contributed by atoms with Crippen molar-refractivity contribution >= 4 is 26.9 Å². The Morgan fingerprint density at radius 3 is 2.25 bits per heavy atom. The Hall–Kier alpha value is -2.21. The van der Waals surface area contributed by atoms with Gasteiger partial charge in [0.05, 0.1) is 23.4 Å². The molecule has 0 unspecified atom stereocenters.